The molecule has 0 aliphatic rings. The Hall–Kier alpha value is -3.78. The molecular formula is C21H14ClFN4O3. The molecule has 2 aromatic heterocycles. The van der Waals surface area contributed by atoms with Crippen LogP contribution in [0.1, 0.15) is 26.6 Å². The summed E-state index contributed by atoms with van der Waals surface area (Å²) in [5.74, 6) is -1.87. The maximum Gasteiger partial charge on any atom is 0.288 e. The second-order valence-electron chi connectivity index (χ2n) is 6.36. The Bertz CT molecular complexity index is 1270. The monoisotopic (exact) mass is 424 g/mol. The van der Waals surface area contributed by atoms with Crippen LogP contribution in [-0.4, -0.2) is 22.0 Å². The van der Waals surface area contributed by atoms with Gasteiger partial charge in [0.1, 0.15) is 28.5 Å². The average Bonchev–Trinajstić information content (AvgIpc) is 3.12. The Labute approximate surface area is 174 Å². The summed E-state index contributed by atoms with van der Waals surface area (Å²) in [6, 6.07) is 14.7. The average molecular weight is 425 g/mol. The first-order valence-electron chi connectivity index (χ1n) is 8.83. The largest absolute Gasteiger partial charge is 0.360 e. The molecule has 0 saturated heterocycles. The van der Waals surface area contributed by atoms with Gasteiger partial charge in [-0.25, -0.2) is 9.37 Å². The molecule has 0 fully saturated rings. The van der Waals surface area contributed by atoms with E-state index in [1.807, 2.05) is 18.2 Å². The molecule has 4 rings (SSSR count). The van der Waals surface area contributed by atoms with Gasteiger partial charge in [-0.2, -0.15) is 0 Å². The van der Waals surface area contributed by atoms with Crippen LogP contribution in [0.4, 0.5) is 4.39 Å². The number of amides is 2. The van der Waals surface area contributed by atoms with E-state index in [4.69, 9.17) is 16.1 Å². The molecule has 0 spiro atoms. The second-order valence-corrected chi connectivity index (χ2v) is 6.76. The van der Waals surface area contributed by atoms with E-state index >= 15 is 0 Å². The number of nitrogens with zero attached hydrogens (tertiary/aromatic N) is 2. The summed E-state index contributed by atoms with van der Waals surface area (Å²) >= 11 is 6.07. The number of aryl methyl sites for hydroxylation is 1. The Morgan fingerprint density at radius 1 is 1.00 bits per heavy atom. The molecular weight excluding hydrogens is 411 g/mol. The maximum absolute atomic E-state index is 14.3. The van der Waals surface area contributed by atoms with Crippen molar-refractivity contribution in [3.63, 3.8) is 0 Å². The highest BCUT2D eigenvalue weighted by Crippen LogP contribution is 2.33. The fraction of sp³-hybridized carbons (Fsp3) is 0.0476. The third-order valence-corrected chi connectivity index (χ3v) is 4.72. The van der Waals surface area contributed by atoms with E-state index in [2.05, 4.69) is 21.0 Å². The van der Waals surface area contributed by atoms with Crippen molar-refractivity contribution in [3.05, 3.63) is 82.5 Å². The molecule has 0 saturated carbocycles. The van der Waals surface area contributed by atoms with E-state index in [9.17, 15) is 14.0 Å². The van der Waals surface area contributed by atoms with Crippen LogP contribution in [-0.2, 0) is 0 Å². The number of carbonyl (C=O) groups excluding carboxylic acids is 2. The zero-order valence-electron chi connectivity index (χ0n) is 15.6. The van der Waals surface area contributed by atoms with Crippen molar-refractivity contribution in [1.82, 2.24) is 21.0 Å². The standard InChI is InChI=1S/C21H14ClFN4O3/c1-11-17(19(27-30-11)18-13(22)6-4-7-14(18)23)21(29)26-25-20(28)16-10-9-12-5-2-3-8-15(12)24-16/h2-10H,1H3,(H,25,28)(H,26,29). The molecule has 9 heteroatoms. The Kier molecular flexibility index (Phi) is 5.16. The number of pyridine rings is 1. The summed E-state index contributed by atoms with van der Waals surface area (Å²) in [4.78, 5) is 29.3. The van der Waals surface area contributed by atoms with E-state index < -0.39 is 17.6 Å². The molecule has 0 atom stereocenters. The maximum atomic E-state index is 14.3. The van der Waals surface area contributed by atoms with Gasteiger partial charge in [-0.1, -0.05) is 47.1 Å². The number of para-hydroxylation sites is 1. The molecule has 150 valence electrons. The molecule has 2 N–H and O–H groups in total. The van der Waals surface area contributed by atoms with Crippen LogP contribution >= 0.6 is 11.6 Å². The molecule has 2 amide bonds. The summed E-state index contributed by atoms with van der Waals surface area (Å²) in [7, 11) is 0. The van der Waals surface area contributed by atoms with Gasteiger partial charge < -0.3 is 4.52 Å². The van der Waals surface area contributed by atoms with Crippen LogP contribution < -0.4 is 10.9 Å². The van der Waals surface area contributed by atoms with Crippen molar-refractivity contribution in [2.75, 3.05) is 0 Å². The van der Waals surface area contributed by atoms with Gasteiger partial charge >= 0.3 is 0 Å². The van der Waals surface area contributed by atoms with Crippen LogP contribution in [0.3, 0.4) is 0 Å². The van der Waals surface area contributed by atoms with Gasteiger partial charge in [0.2, 0.25) is 0 Å². The Morgan fingerprint density at radius 2 is 1.77 bits per heavy atom. The number of fused-ring (bicyclic) bond motifs is 1. The molecule has 7 nitrogen and oxygen atoms in total. The highest BCUT2D eigenvalue weighted by molar-refractivity contribution is 6.33. The highest BCUT2D eigenvalue weighted by atomic mass is 35.5. The lowest BCUT2D eigenvalue weighted by Crippen LogP contribution is -2.42. The molecule has 0 aliphatic heterocycles. The summed E-state index contributed by atoms with van der Waals surface area (Å²) in [6.45, 7) is 1.49. The topological polar surface area (TPSA) is 97.1 Å². The van der Waals surface area contributed by atoms with E-state index in [1.165, 1.54) is 25.1 Å². The highest BCUT2D eigenvalue weighted by Gasteiger charge is 2.25. The van der Waals surface area contributed by atoms with Gasteiger partial charge in [-0.15, -0.1) is 0 Å². The number of hydrogen-bond donors (Lipinski definition) is 2. The van der Waals surface area contributed by atoms with Gasteiger partial charge in [0, 0.05) is 5.39 Å². The van der Waals surface area contributed by atoms with Crippen molar-refractivity contribution in [1.29, 1.82) is 0 Å². The fourth-order valence-electron chi connectivity index (χ4n) is 2.97. The van der Waals surface area contributed by atoms with Gasteiger partial charge in [0.05, 0.1) is 16.1 Å². The summed E-state index contributed by atoms with van der Waals surface area (Å²) in [5.41, 5.74) is 5.15. The Balaban J connectivity index is 1.56. The van der Waals surface area contributed by atoms with Crippen molar-refractivity contribution < 1.29 is 18.5 Å². The minimum Gasteiger partial charge on any atom is -0.360 e. The lowest BCUT2D eigenvalue weighted by molar-refractivity contribution is 0.0843. The number of hydrogen-bond acceptors (Lipinski definition) is 5. The van der Waals surface area contributed by atoms with Crippen LogP contribution in [0.2, 0.25) is 5.02 Å². The van der Waals surface area contributed by atoms with E-state index in [-0.39, 0.29) is 33.3 Å². The van der Waals surface area contributed by atoms with Gasteiger partial charge in [0.25, 0.3) is 11.8 Å². The van der Waals surface area contributed by atoms with Gasteiger partial charge in [-0.05, 0) is 31.2 Å². The number of carbonyl (C=O) groups is 2. The zero-order valence-corrected chi connectivity index (χ0v) is 16.3. The number of halogens is 2. The second kappa shape index (κ2) is 7.92. The smallest absolute Gasteiger partial charge is 0.288 e. The minimum atomic E-state index is -0.739. The molecule has 30 heavy (non-hydrogen) atoms. The predicted octanol–water partition coefficient (Wildman–Crippen LogP) is 4.07. The summed E-state index contributed by atoms with van der Waals surface area (Å²) in [6.07, 6.45) is 0. The first-order valence-corrected chi connectivity index (χ1v) is 9.20. The van der Waals surface area contributed by atoms with Crippen LogP contribution in [0.15, 0.2) is 59.1 Å². The normalized spacial score (nSPS) is 10.8. The summed E-state index contributed by atoms with van der Waals surface area (Å²) in [5, 5.41) is 4.71. The SMILES string of the molecule is Cc1onc(-c2c(F)cccc2Cl)c1C(=O)NNC(=O)c1ccc2ccccc2n1. The molecule has 0 bridgehead atoms. The van der Waals surface area contributed by atoms with Crippen molar-refractivity contribution >= 4 is 34.3 Å². The molecule has 4 aromatic rings. The molecule has 0 radical (unpaired) electrons. The van der Waals surface area contributed by atoms with Crippen LogP contribution in [0.5, 0.6) is 0 Å². The quantitative estimate of drug-likeness (QED) is 0.483. The molecule has 2 aromatic carbocycles. The lowest BCUT2D eigenvalue weighted by Gasteiger charge is -2.09. The third kappa shape index (κ3) is 3.60. The Morgan fingerprint density at radius 3 is 2.57 bits per heavy atom. The number of rotatable bonds is 3. The van der Waals surface area contributed by atoms with Crippen molar-refractivity contribution in [2.45, 2.75) is 6.92 Å². The zero-order chi connectivity index (χ0) is 21.3. The molecule has 0 unspecified atom stereocenters. The van der Waals surface area contributed by atoms with E-state index in [0.29, 0.717) is 5.52 Å². The van der Waals surface area contributed by atoms with E-state index in [1.54, 1.807) is 18.2 Å². The lowest BCUT2D eigenvalue weighted by atomic mass is 10.1. The van der Waals surface area contributed by atoms with Crippen LogP contribution in [0, 0.1) is 12.7 Å². The number of hydrazine groups is 1. The van der Waals surface area contributed by atoms with Crippen LogP contribution in [0.25, 0.3) is 22.2 Å². The van der Waals surface area contributed by atoms with Gasteiger partial charge in [-0.3, -0.25) is 20.4 Å². The molecule has 0 aliphatic carbocycles. The first kappa shape index (κ1) is 19.5. The fourth-order valence-corrected chi connectivity index (χ4v) is 3.22. The molecule has 2 heterocycles. The first-order chi connectivity index (χ1) is 14.5. The van der Waals surface area contributed by atoms with Crippen molar-refractivity contribution in [2.24, 2.45) is 0 Å². The number of benzene rings is 2. The van der Waals surface area contributed by atoms with E-state index in [0.717, 1.165) is 5.39 Å². The van der Waals surface area contributed by atoms with Crippen molar-refractivity contribution in [3.8, 4) is 11.3 Å². The summed E-state index contributed by atoms with van der Waals surface area (Å²) < 4.78 is 19.3. The third-order valence-electron chi connectivity index (χ3n) is 4.41. The predicted molar refractivity (Wildman–Crippen MR) is 108 cm³/mol. The number of aromatic nitrogens is 2. The minimum absolute atomic E-state index is 0.0474. The van der Waals surface area contributed by atoms with Gasteiger partial charge in [0.15, 0.2) is 0 Å². The number of nitrogens with one attached hydrogen (secondary N) is 2.